The Balaban J connectivity index is 0.00000225. The summed E-state index contributed by atoms with van der Waals surface area (Å²) >= 11 is 1.40. The van der Waals surface area contributed by atoms with Gasteiger partial charge in [-0.3, -0.25) is 10.1 Å². The van der Waals surface area contributed by atoms with E-state index in [4.69, 9.17) is 5.73 Å². The first-order chi connectivity index (χ1) is 6.99. The van der Waals surface area contributed by atoms with Crippen molar-refractivity contribution in [3.05, 3.63) is 5.01 Å². The summed E-state index contributed by atoms with van der Waals surface area (Å²) in [5.74, 6) is 0.303. The minimum Gasteiger partial charge on any atom is -0.320 e. The Bertz CT molecular complexity index is 340. The fraction of sp³-hybridized carbons (Fsp3) is 0.667. The zero-order valence-electron chi connectivity index (χ0n) is 9.56. The summed E-state index contributed by atoms with van der Waals surface area (Å²) in [7, 11) is 0. The lowest BCUT2D eigenvalue weighted by Crippen LogP contribution is -2.32. The van der Waals surface area contributed by atoms with E-state index in [0.29, 0.717) is 11.0 Å². The molecular formula is C9H17ClN4OS. The summed E-state index contributed by atoms with van der Waals surface area (Å²) in [4.78, 5) is 11.2. The van der Waals surface area contributed by atoms with Gasteiger partial charge in [0.15, 0.2) is 0 Å². The molecule has 1 aromatic rings. The van der Waals surface area contributed by atoms with Crippen molar-refractivity contribution in [1.29, 1.82) is 0 Å². The van der Waals surface area contributed by atoms with Gasteiger partial charge in [-0.15, -0.1) is 22.6 Å². The number of carbonyl (C=O) groups excluding carboxylic acids is 1. The second kappa shape index (κ2) is 6.78. The molecule has 0 spiro atoms. The van der Waals surface area contributed by atoms with Crippen LogP contribution in [-0.4, -0.2) is 22.1 Å². The van der Waals surface area contributed by atoms with Crippen molar-refractivity contribution in [2.45, 2.75) is 33.2 Å². The lowest BCUT2D eigenvalue weighted by molar-refractivity contribution is -0.117. The first-order valence-electron chi connectivity index (χ1n) is 4.88. The number of nitrogens with one attached hydrogen (secondary N) is 1. The van der Waals surface area contributed by atoms with Crippen LogP contribution in [0.1, 0.15) is 25.8 Å². The largest absolute Gasteiger partial charge is 0.320 e. The van der Waals surface area contributed by atoms with Crippen LogP contribution >= 0.6 is 23.7 Å². The molecule has 0 bridgehead atoms. The maximum absolute atomic E-state index is 11.2. The average molecular weight is 265 g/mol. The van der Waals surface area contributed by atoms with Crippen molar-refractivity contribution in [3.63, 3.8) is 0 Å². The minimum absolute atomic E-state index is 0. The third-order valence-corrected chi connectivity index (χ3v) is 2.55. The van der Waals surface area contributed by atoms with Crippen LogP contribution in [-0.2, 0) is 11.2 Å². The first-order valence-corrected chi connectivity index (χ1v) is 5.69. The van der Waals surface area contributed by atoms with Gasteiger partial charge in [0, 0.05) is 6.42 Å². The van der Waals surface area contributed by atoms with Gasteiger partial charge in [0.2, 0.25) is 11.0 Å². The van der Waals surface area contributed by atoms with E-state index in [1.807, 2.05) is 0 Å². The summed E-state index contributed by atoms with van der Waals surface area (Å²) in [6.45, 7) is 5.86. The molecule has 3 N–H and O–H groups in total. The maximum Gasteiger partial charge on any atom is 0.242 e. The number of hydrogen-bond donors (Lipinski definition) is 2. The molecule has 1 aromatic heterocycles. The number of carbonyl (C=O) groups is 1. The number of halogens is 1. The molecule has 1 unspecified atom stereocenters. The molecule has 0 saturated carbocycles. The quantitative estimate of drug-likeness (QED) is 0.862. The fourth-order valence-electron chi connectivity index (χ4n) is 0.955. The van der Waals surface area contributed by atoms with Gasteiger partial charge in [0.05, 0.1) is 6.04 Å². The van der Waals surface area contributed by atoms with Crippen molar-refractivity contribution >= 4 is 34.8 Å². The van der Waals surface area contributed by atoms with Crippen LogP contribution < -0.4 is 11.1 Å². The maximum atomic E-state index is 11.2. The summed E-state index contributed by atoms with van der Waals surface area (Å²) in [6.07, 6.45) is 0.881. The van der Waals surface area contributed by atoms with Crippen molar-refractivity contribution in [1.82, 2.24) is 10.2 Å². The highest BCUT2D eigenvalue weighted by Gasteiger charge is 2.11. The highest BCUT2D eigenvalue weighted by Crippen LogP contribution is 2.18. The van der Waals surface area contributed by atoms with Gasteiger partial charge < -0.3 is 5.73 Å². The van der Waals surface area contributed by atoms with Crippen LogP contribution in [0.4, 0.5) is 5.13 Å². The molecule has 16 heavy (non-hydrogen) atoms. The molecule has 1 heterocycles. The van der Waals surface area contributed by atoms with E-state index < -0.39 is 6.04 Å². The third-order valence-electron chi connectivity index (χ3n) is 1.69. The number of amides is 1. The molecule has 7 heteroatoms. The molecule has 0 saturated heterocycles. The van der Waals surface area contributed by atoms with E-state index in [1.165, 1.54) is 11.3 Å². The summed E-state index contributed by atoms with van der Waals surface area (Å²) in [5, 5.41) is 11.9. The van der Waals surface area contributed by atoms with Crippen LogP contribution in [0.15, 0.2) is 0 Å². The van der Waals surface area contributed by atoms with Gasteiger partial charge >= 0.3 is 0 Å². The van der Waals surface area contributed by atoms with Crippen LogP contribution in [0.3, 0.4) is 0 Å². The topological polar surface area (TPSA) is 80.9 Å². The zero-order chi connectivity index (χ0) is 11.4. The van der Waals surface area contributed by atoms with Gasteiger partial charge in [-0.25, -0.2) is 0 Å². The van der Waals surface area contributed by atoms with Gasteiger partial charge in [-0.1, -0.05) is 25.2 Å². The number of nitrogens with two attached hydrogens (primary N) is 1. The SMILES string of the molecule is CC(C)Cc1nnc(NC(=O)C(C)N)s1.Cl. The average Bonchev–Trinajstić information content (AvgIpc) is 2.51. The molecule has 0 aromatic carbocycles. The van der Waals surface area contributed by atoms with Gasteiger partial charge in [-0.05, 0) is 12.8 Å². The number of nitrogens with zero attached hydrogens (tertiary/aromatic N) is 2. The minimum atomic E-state index is -0.526. The lowest BCUT2D eigenvalue weighted by Gasteiger charge is -2.02. The molecule has 0 aliphatic carbocycles. The third kappa shape index (κ3) is 4.87. The highest BCUT2D eigenvalue weighted by atomic mass is 35.5. The monoisotopic (exact) mass is 264 g/mol. The number of rotatable bonds is 4. The molecule has 0 aliphatic heterocycles. The second-order valence-corrected chi connectivity index (χ2v) is 4.94. The number of aromatic nitrogens is 2. The molecule has 1 rings (SSSR count). The predicted octanol–water partition coefficient (Wildman–Crippen LogP) is 1.44. The lowest BCUT2D eigenvalue weighted by atomic mass is 10.1. The van der Waals surface area contributed by atoms with Crippen LogP contribution in [0.5, 0.6) is 0 Å². The Hall–Kier alpha value is -0.720. The predicted molar refractivity (Wildman–Crippen MR) is 68.0 cm³/mol. The fourth-order valence-corrected chi connectivity index (χ4v) is 1.91. The molecule has 1 atom stereocenters. The van der Waals surface area contributed by atoms with E-state index in [-0.39, 0.29) is 18.3 Å². The molecule has 5 nitrogen and oxygen atoms in total. The van der Waals surface area contributed by atoms with Gasteiger partial charge in [0.25, 0.3) is 0 Å². The van der Waals surface area contributed by atoms with E-state index in [0.717, 1.165) is 11.4 Å². The van der Waals surface area contributed by atoms with E-state index in [9.17, 15) is 4.79 Å². The van der Waals surface area contributed by atoms with Crippen molar-refractivity contribution in [3.8, 4) is 0 Å². The standard InChI is InChI=1S/C9H16N4OS.ClH/c1-5(2)4-7-12-13-9(15-7)11-8(14)6(3)10;/h5-6H,4,10H2,1-3H3,(H,11,13,14);1H. The van der Waals surface area contributed by atoms with E-state index in [2.05, 4.69) is 29.4 Å². The van der Waals surface area contributed by atoms with Crippen LogP contribution in [0.2, 0.25) is 0 Å². The van der Waals surface area contributed by atoms with Crippen molar-refractivity contribution < 1.29 is 4.79 Å². The Morgan fingerprint density at radius 2 is 2.06 bits per heavy atom. The Morgan fingerprint density at radius 3 is 2.56 bits per heavy atom. The van der Waals surface area contributed by atoms with Crippen molar-refractivity contribution in [2.24, 2.45) is 11.7 Å². The van der Waals surface area contributed by atoms with Crippen LogP contribution in [0.25, 0.3) is 0 Å². The van der Waals surface area contributed by atoms with Gasteiger partial charge in [-0.2, -0.15) is 0 Å². The highest BCUT2D eigenvalue weighted by molar-refractivity contribution is 7.15. The van der Waals surface area contributed by atoms with Gasteiger partial charge in [0.1, 0.15) is 5.01 Å². The first kappa shape index (κ1) is 15.3. The molecule has 0 aliphatic rings. The molecule has 0 fully saturated rings. The van der Waals surface area contributed by atoms with E-state index in [1.54, 1.807) is 6.92 Å². The smallest absolute Gasteiger partial charge is 0.242 e. The summed E-state index contributed by atoms with van der Waals surface area (Å²) in [5.41, 5.74) is 5.42. The normalized spacial score (nSPS) is 12.1. The van der Waals surface area contributed by atoms with Crippen LogP contribution in [0, 0.1) is 5.92 Å². The summed E-state index contributed by atoms with van der Waals surface area (Å²) < 4.78 is 0. The molecule has 1 amide bonds. The summed E-state index contributed by atoms with van der Waals surface area (Å²) in [6, 6.07) is -0.526. The Morgan fingerprint density at radius 1 is 1.44 bits per heavy atom. The number of anilines is 1. The molecular weight excluding hydrogens is 248 g/mol. The Kier molecular flexibility index (Phi) is 6.47. The zero-order valence-corrected chi connectivity index (χ0v) is 11.2. The molecule has 0 radical (unpaired) electrons. The Labute approximate surface area is 105 Å². The second-order valence-electron chi connectivity index (χ2n) is 3.88. The van der Waals surface area contributed by atoms with Crippen molar-refractivity contribution in [2.75, 3.05) is 5.32 Å². The van der Waals surface area contributed by atoms with E-state index >= 15 is 0 Å². The molecule has 92 valence electrons. The number of hydrogen-bond acceptors (Lipinski definition) is 5.